The second kappa shape index (κ2) is 11.4. The number of alkyl halides is 2. The molecule has 0 spiro atoms. The number of halogens is 3. The Morgan fingerprint density at radius 1 is 1.11 bits per heavy atom. The number of carbonyl (C=O) groups excluding carboxylic acids is 1. The molecule has 1 atom stereocenters. The summed E-state index contributed by atoms with van der Waals surface area (Å²) in [7, 11) is 0. The molecule has 194 valence electrons. The SMILES string of the molecule is CCCN(CC)C(CNC(=O)c1cn(-c2ncccn2)c2cccc(Cl)c12)c1ccc(C(C)(F)F)cc1. The Labute approximate surface area is 220 Å². The third-order valence-corrected chi connectivity index (χ3v) is 6.72. The lowest BCUT2D eigenvalue weighted by Crippen LogP contribution is -2.38. The van der Waals surface area contributed by atoms with Crippen LogP contribution in [0.3, 0.4) is 0 Å². The lowest BCUT2D eigenvalue weighted by Gasteiger charge is -2.31. The molecular formula is C28H30ClF2N5O. The molecule has 2 aromatic heterocycles. The Kier molecular flexibility index (Phi) is 8.19. The summed E-state index contributed by atoms with van der Waals surface area (Å²) in [5.41, 5.74) is 1.95. The zero-order valence-corrected chi connectivity index (χ0v) is 21.8. The number of likely N-dealkylation sites (N-methyl/N-ethyl adjacent to an activating group) is 1. The maximum atomic E-state index is 13.8. The molecule has 9 heteroatoms. The van der Waals surface area contributed by atoms with Crippen molar-refractivity contribution in [2.45, 2.75) is 39.2 Å². The quantitative estimate of drug-likeness (QED) is 0.260. The number of rotatable bonds is 10. The van der Waals surface area contributed by atoms with Gasteiger partial charge in [0.15, 0.2) is 0 Å². The van der Waals surface area contributed by atoms with Crippen LogP contribution in [0.5, 0.6) is 0 Å². The molecule has 0 radical (unpaired) electrons. The Hall–Kier alpha value is -3.36. The van der Waals surface area contributed by atoms with Gasteiger partial charge in [-0.2, -0.15) is 0 Å². The zero-order valence-electron chi connectivity index (χ0n) is 21.1. The molecular weight excluding hydrogens is 496 g/mol. The van der Waals surface area contributed by atoms with E-state index < -0.39 is 5.92 Å². The van der Waals surface area contributed by atoms with Gasteiger partial charge in [0.1, 0.15) is 0 Å². The molecule has 4 aromatic rings. The van der Waals surface area contributed by atoms with E-state index in [4.69, 9.17) is 11.6 Å². The molecule has 1 N–H and O–H groups in total. The van der Waals surface area contributed by atoms with Crippen LogP contribution in [0.4, 0.5) is 8.78 Å². The molecule has 0 aliphatic heterocycles. The fourth-order valence-corrected chi connectivity index (χ4v) is 4.83. The van der Waals surface area contributed by atoms with E-state index in [0.29, 0.717) is 28.5 Å². The second-order valence-corrected chi connectivity index (χ2v) is 9.37. The molecule has 4 rings (SSSR count). The number of amides is 1. The number of benzene rings is 2. The maximum Gasteiger partial charge on any atom is 0.270 e. The Balaban J connectivity index is 1.65. The fourth-order valence-electron chi connectivity index (χ4n) is 4.56. The van der Waals surface area contributed by atoms with Gasteiger partial charge in [-0.05, 0) is 43.3 Å². The molecule has 1 amide bonds. The van der Waals surface area contributed by atoms with Gasteiger partial charge in [0, 0.05) is 43.0 Å². The summed E-state index contributed by atoms with van der Waals surface area (Å²) in [6.45, 7) is 6.87. The maximum absolute atomic E-state index is 13.8. The van der Waals surface area contributed by atoms with Crippen molar-refractivity contribution in [1.82, 2.24) is 24.8 Å². The second-order valence-electron chi connectivity index (χ2n) is 8.96. The van der Waals surface area contributed by atoms with Crippen molar-refractivity contribution in [3.63, 3.8) is 0 Å². The molecule has 0 bridgehead atoms. The summed E-state index contributed by atoms with van der Waals surface area (Å²) in [6.07, 6.45) is 5.88. The summed E-state index contributed by atoms with van der Waals surface area (Å²) in [6, 6.07) is 13.3. The number of aromatic nitrogens is 3. The zero-order chi connectivity index (χ0) is 26.6. The highest BCUT2D eigenvalue weighted by molar-refractivity contribution is 6.37. The smallest absolute Gasteiger partial charge is 0.270 e. The van der Waals surface area contributed by atoms with E-state index in [0.717, 1.165) is 37.5 Å². The topological polar surface area (TPSA) is 63.1 Å². The lowest BCUT2D eigenvalue weighted by atomic mass is 10.0. The Morgan fingerprint density at radius 2 is 1.81 bits per heavy atom. The molecule has 0 saturated carbocycles. The van der Waals surface area contributed by atoms with Gasteiger partial charge in [0.05, 0.1) is 22.1 Å². The first-order chi connectivity index (χ1) is 17.7. The molecule has 0 aliphatic rings. The van der Waals surface area contributed by atoms with Crippen LogP contribution in [0.25, 0.3) is 16.9 Å². The lowest BCUT2D eigenvalue weighted by molar-refractivity contribution is 0.0174. The van der Waals surface area contributed by atoms with Crippen molar-refractivity contribution >= 4 is 28.4 Å². The molecule has 0 fully saturated rings. The van der Waals surface area contributed by atoms with Crippen molar-refractivity contribution < 1.29 is 13.6 Å². The van der Waals surface area contributed by atoms with E-state index in [-0.39, 0.29) is 17.5 Å². The van der Waals surface area contributed by atoms with Crippen molar-refractivity contribution in [1.29, 1.82) is 0 Å². The van der Waals surface area contributed by atoms with Crippen LogP contribution in [0.15, 0.2) is 67.1 Å². The van der Waals surface area contributed by atoms with Crippen LogP contribution in [0.1, 0.15) is 54.7 Å². The minimum Gasteiger partial charge on any atom is -0.350 e. The number of nitrogens with zero attached hydrogens (tertiary/aromatic N) is 4. The average Bonchev–Trinajstić information content (AvgIpc) is 3.29. The first-order valence-corrected chi connectivity index (χ1v) is 12.7. The van der Waals surface area contributed by atoms with E-state index in [1.807, 2.05) is 19.1 Å². The molecule has 6 nitrogen and oxygen atoms in total. The van der Waals surface area contributed by atoms with E-state index in [1.165, 1.54) is 12.1 Å². The highest BCUT2D eigenvalue weighted by Gasteiger charge is 2.26. The molecule has 1 unspecified atom stereocenters. The molecule has 0 saturated heterocycles. The summed E-state index contributed by atoms with van der Waals surface area (Å²) in [4.78, 5) is 24.4. The Morgan fingerprint density at radius 3 is 2.43 bits per heavy atom. The molecule has 0 aliphatic carbocycles. The van der Waals surface area contributed by atoms with Gasteiger partial charge in [-0.15, -0.1) is 0 Å². The largest absolute Gasteiger partial charge is 0.350 e. The number of hydrogen-bond acceptors (Lipinski definition) is 4. The fraction of sp³-hybridized carbons (Fsp3) is 0.321. The monoisotopic (exact) mass is 525 g/mol. The minimum absolute atomic E-state index is 0.0387. The standard InChI is InChI=1S/C28H30ClF2N5O/c1-4-16-35(5-2)24(19-10-12-20(13-11-19)28(3,30)31)17-34-26(37)21-18-36(27-32-14-7-15-33-27)23-9-6-8-22(29)25(21)23/h6-15,18,24H,4-5,16-17H2,1-3H3,(H,34,37). The van der Waals surface area contributed by atoms with Gasteiger partial charge in [0.25, 0.3) is 11.8 Å². The number of hydrogen-bond donors (Lipinski definition) is 1. The highest BCUT2D eigenvalue weighted by Crippen LogP contribution is 2.31. The normalized spacial score (nSPS) is 12.7. The van der Waals surface area contributed by atoms with Crippen LogP contribution >= 0.6 is 11.6 Å². The first kappa shape index (κ1) is 26.7. The third-order valence-electron chi connectivity index (χ3n) is 6.41. The highest BCUT2D eigenvalue weighted by atomic mass is 35.5. The number of fused-ring (bicyclic) bond motifs is 1. The van der Waals surface area contributed by atoms with Crippen molar-refractivity contribution in [2.24, 2.45) is 0 Å². The van der Waals surface area contributed by atoms with Crippen LogP contribution in [0.2, 0.25) is 5.02 Å². The van der Waals surface area contributed by atoms with E-state index in [2.05, 4.69) is 27.1 Å². The number of nitrogens with one attached hydrogen (secondary N) is 1. The van der Waals surface area contributed by atoms with E-state index in [1.54, 1.807) is 47.4 Å². The van der Waals surface area contributed by atoms with E-state index in [9.17, 15) is 13.6 Å². The van der Waals surface area contributed by atoms with Gasteiger partial charge in [-0.1, -0.05) is 55.8 Å². The van der Waals surface area contributed by atoms with Gasteiger partial charge >= 0.3 is 0 Å². The van der Waals surface area contributed by atoms with Crippen LogP contribution in [-0.2, 0) is 5.92 Å². The molecule has 2 aromatic carbocycles. The average molecular weight is 526 g/mol. The van der Waals surface area contributed by atoms with Crippen LogP contribution < -0.4 is 5.32 Å². The van der Waals surface area contributed by atoms with Gasteiger partial charge in [0.2, 0.25) is 5.95 Å². The van der Waals surface area contributed by atoms with Crippen LogP contribution in [-0.4, -0.2) is 45.0 Å². The molecule has 37 heavy (non-hydrogen) atoms. The summed E-state index contributed by atoms with van der Waals surface area (Å²) in [5, 5.41) is 4.12. The van der Waals surface area contributed by atoms with Gasteiger partial charge in [-0.25, -0.2) is 18.7 Å². The summed E-state index contributed by atoms with van der Waals surface area (Å²) in [5.74, 6) is -2.77. The molecule has 2 heterocycles. The predicted molar refractivity (Wildman–Crippen MR) is 142 cm³/mol. The summed E-state index contributed by atoms with van der Waals surface area (Å²) < 4.78 is 29.3. The van der Waals surface area contributed by atoms with Crippen molar-refractivity contribution in [3.05, 3.63) is 88.8 Å². The van der Waals surface area contributed by atoms with Gasteiger partial charge in [-0.3, -0.25) is 14.3 Å². The minimum atomic E-state index is -2.91. The van der Waals surface area contributed by atoms with Crippen molar-refractivity contribution in [3.8, 4) is 5.95 Å². The third kappa shape index (κ3) is 5.81. The Bertz CT molecular complexity index is 1350. The predicted octanol–water partition coefficient (Wildman–Crippen LogP) is 6.39. The first-order valence-electron chi connectivity index (χ1n) is 12.3. The van der Waals surface area contributed by atoms with Gasteiger partial charge < -0.3 is 5.32 Å². The van der Waals surface area contributed by atoms with Crippen LogP contribution in [0, 0.1) is 0 Å². The number of carbonyl (C=O) groups is 1. The van der Waals surface area contributed by atoms with Crippen molar-refractivity contribution in [2.75, 3.05) is 19.6 Å². The van der Waals surface area contributed by atoms with E-state index >= 15 is 0 Å². The summed E-state index contributed by atoms with van der Waals surface area (Å²) >= 11 is 6.53.